The molecule has 0 aliphatic carbocycles. The molecule has 5 heteroatoms. The topological polar surface area (TPSA) is 29.6 Å². The first-order valence-corrected chi connectivity index (χ1v) is 8.19. The van der Waals surface area contributed by atoms with Gasteiger partial charge in [-0.3, -0.25) is 0 Å². The number of halogens is 2. The third kappa shape index (κ3) is 4.34. The molecule has 2 aromatic carbocycles. The quantitative estimate of drug-likeness (QED) is 0.476. The zero-order valence-electron chi connectivity index (χ0n) is 12.8. The second-order valence-corrected chi connectivity index (χ2v) is 6.01. The number of aromatic nitrogens is 1. The molecule has 0 saturated heterocycles. The summed E-state index contributed by atoms with van der Waals surface area (Å²) in [5.41, 5.74) is 1.92. The van der Waals surface area contributed by atoms with Crippen LogP contribution in [0.2, 0.25) is 10.0 Å². The highest BCUT2D eigenvalue weighted by Gasteiger charge is 2.01. The van der Waals surface area contributed by atoms with E-state index in [-0.39, 0.29) is 0 Å². The maximum atomic E-state index is 6.09. The van der Waals surface area contributed by atoms with Gasteiger partial charge < -0.3 is 4.57 Å². The molecule has 0 bridgehead atoms. The van der Waals surface area contributed by atoms with Gasteiger partial charge in [0.15, 0.2) is 0 Å². The molecule has 0 spiro atoms. The minimum absolute atomic E-state index is 0.551. The van der Waals surface area contributed by atoms with Crippen LogP contribution in [0.15, 0.2) is 83.3 Å². The molecule has 3 rings (SSSR count). The summed E-state index contributed by atoms with van der Waals surface area (Å²) in [6.45, 7) is 0.819. The van der Waals surface area contributed by atoms with Crippen molar-refractivity contribution in [1.82, 2.24) is 4.57 Å². The molecule has 0 aliphatic heterocycles. The lowest BCUT2D eigenvalue weighted by molar-refractivity contribution is 0.786. The first-order valence-electron chi connectivity index (χ1n) is 7.43. The minimum Gasteiger partial charge on any atom is -0.350 e. The molecule has 0 radical (unpaired) electrons. The number of nitrogens with zero attached hydrogens (tertiary/aromatic N) is 3. The molecular weight excluding hydrogens is 341 g/mol. The molecule has 0 unspecified atom stereocenters. The fraction of sp³-hybridized carbons (Fsp3) is 0.0526. The van der Waals surface area contributed by atoms with Gasteiger partial charge in [-0.25, -0.2) is 0 Å². The Morgan fingerprint density at radius 3 is 2.17 bits per heavy atom. The molecule has 3 nitrogen and oxygen atoms in total. The highest BCUT2D eigenvalue weighted by Crippen LogP contribution is 2.22. The lowest BCUT2D eigenvalue weighted by Crippen LogP contribution is -2.05. The van der Waals surface area contributed by atoms with Gasteiger partial charge in [-0.15, -0.1) is 0 Å². The third-order valence-corrected chi connectivity index (χ3v) is 4.10. The minimum atomic E-state index is 0.551. The number of pyridine rings is 1. The molecule has 0 fully saturated rings. The molecule has 24 heavy (non-hydrogen) atoms. The average Bonchev–Trinajstić information content (AvgIpc) is 2.60. The van der Waals surface area contributed by atoms with Gasteiger partial charge in [0.1, 0.15) is 0 Å². The molecule has 0 aliphatic rings. The predicted octanol–water partition coefficient (Wildman–Crippen LogP) is 4.78. The Morgan fingerprint density at radius 2 is 1.50 bits per heavy atom. The summed E-state index contributed by atoms with van der Waals surface area (Å²) in [4.78, 5) is 0. The van der Waals surface area contributed by atoms with Crippen LogP contribution in [0.5, 0.6) is 0 Å². The first-order chi connectivity index (χ1) is 11.7. The largest absolute Gasteiger partial charge is 0.350 e. The van der Waals surface area contributed by atoms with Crippen molar-refractivity contribution in [3.05, 3.63) is 99.6 Å². The van der Waals surface area contributed by atoms with Crippen LogP contribution in [0.4, 0.5) is 0 Å². The number of hydrogen-bond acceptors (Lipinski definition) is 2. The van der Waals surface area contributed by atoms with Gasteiger partial charge in [-0.1, -0.05) is 59.6 Å². The van der Waals surface area contributed by atoms with Gasteiger partial charge in [0.2, 0.25) is 0 Å². The normalized spacial score (nSPS) is 10.9. The van der Waals surface area contributed by atoms with E-state index >= 15 is 0 Å². The van der Waals surface area contributed by atoms with Gasteiger partial charge in [-0.2, -0.15) is 10.2 Å². The summed E-state index contributed by atoms with van der Waals surface area (Å²) >= 11 is 12.2. The Balaban J connectivity index is 1.73. The van der Waals surface area contributed by atoms with Gasteiger partial charge in [0, 0.05) is 24.5 Å². The zero-order chi connectivity index (χ0) is 16.8. The van der Waals surface area contributed by atoms with Crippen molar-refractivity contribution in [2.75, 3.05) is 0 Å². The molecular formula is C19H15Cl2N3. The number of hydrogen-bond donors (Lipinski definition) is 0. The van der Waals surface area contributed by atoms with Crippen LogP contribution in [0.3, 0.4) is 0 Å². The van der Waals surface area contributed by atoms with Gasteiger partial charge in [0.25, 0.3) is 0 Å². The standard InChI is InChI=1S/C19H15Cl2N3/c20-18-7-4-8-19(21)17(18)13-22-23-16-9-11-24(12-10-16)14-15-5-2-1-3-6-15/h1-13H,14H2/b22-13+. The Bertz CT molecular complexity index is 875. The van der Waals surface area contributed by atoms with Crippen LogP contribution in [0.25, 0.3) is 0 Å². The second kappa shape index (κ2) is 7.95. The number of benzene rings is 2. The Kier molecular flexibility index (Phi) is 5.47. The Hall–Kier alpha value is -2.36. The van der Waals surface area contributed by atoms with Gasteiger partial charge in [-0.05, 0) is 29.8 Å². The second-order valence-electron chi connectivity index (χ2n) is 5.19. The summed E-state index contributed by atoms with van der Waals surface area (Å²) in [7, 11) is 0. The number of rotatable bonds is 4. The molecule has 0 amide bonds. The summed E-state index contributed by atoms with van der Waals surface area (Å²) in [6, 6.07) is 19.4. The highest BCUT2D eigenvalue weighted by atomic mass is 35.5. The zero-order valence-corrected chi connectivity index (χ0v) is 14.3. The first kappa shape index (κ1) is 16.5. The summed E-state index contributed by atoms with van der Waals surface area (Å²) in [5.74, 6) is 0. The molecule has 120 valence electrons. The van der Waals surface area contributed by atoms with Crippen LogP contribution in [-0.2, 0) is 6.54 Å². The molecule has 1 aromatic heterocycles. The van der Waals surface area contributed by atoms with Crippen LogP contribution in [-0.4, -0.2) is 10.8 Å². The monoisotopic (exact) mass is 355 g/mol. The van der Waals surface area contributed by atoms with Crippen molar-refractivity contribution >= 4 is 29.4 Å². The fourth-order valence-electron chi connectivity index (χ4n) is 2.20. The predicted molar refractivity (Wildman–Crippen MR) is 99.6 cm³/mol. The maximum Gasteiger partial charge on any atom is 0.0885 e. The van der Waals surface area contributed by atoms with E-state index in [1.165, 1.54) is 5.56 Å². The molecule has 1 heterocycles. The van der Waals surface area contributed by atoms with E-state index < -0.39 is 0 Å². The van der Waals surface area contributed by atoms with Gasteiger partial charge in [0.05, 0.1) is 21.6 Å². The van der Waals surface area contributed by atoms with Crippen LogP contribution in [0.1, 0.15) is 11.1 Å². The molecule has 0 atom stereocenters. The summed E-state index contributed by atoms with van der Waals surface area (Å²) < 4.78 is 2.09. The van der Waals surface area contributed by atoms with E-state index in [0.29, 0.717) is 15.6 Å². The summed E-state index contributed by atoms with van der Waals surface area (Å²) in [5, 5.41) is 10.1. The summed E-state index contributed by atoms with van der Waals surface area (Å²) in [6.07, 6.45) is 5.52. The lowest BCUT2D eigenvalue weighted by atomic mass is 10.2. The van der Waals surface area contributed by atoms with Crippen molar-refractivity contribution in [3.63, 3.8) is 0 Å². The van der Waals surface area contributed by atoms with E-state index in [4.69, 9.17) is 23.2 Å². The van der Waals surface area contributed by atoms with Crippen LogP contribution >= 0.6 is 23.2 Å². The average molecular weight is 356 g/mol. The van der Waals surface area contributed by atoms with Crippen LogP contribution < -0.4 is 5.36 Å². The van der Waals surface area contributed by atoms with E-state index in [1.807, 2.05) is 42.7 Å². The van der Waals surface area contributed by atoms with Crippen molar-refractivity contribution in [2.45, 2.75) is 6.54 Å². The SMILES string of the molecule is Clc1cccc(Cl)c1/C=N/N=c1ccn(Cc2ccccc2)cc1. The van der Waals surface area contributed by atoms with Crippen molar-refractivity contribution in [2.24, 2.45) is 10.2 Å². The van der Waals surface area contributed by atoms with E-state index in [0.717, 1.165) is 11.9 Å². The van der Waals surface area contributed by atoms with E-state index in [9.17, 15) is 0 Å². The van der Waals surface area contributed by atoms with Crippen molar-refractivity contribution in [1.29, 1.82) is 0 Å². The third-order valence-electron chi connectivity index (χ3n) is 3.44. The maximum absolute atomic E-state index is 6.09. The van der Waals surface area contributed by atoms with Gasteiger partial charge >= 0.3 is 0 Å². The van der Waals surface area contributed by atoms with E-state index in [2.05, 4.69) is 26.9 Å². The molecule has 0 N–H and O–H groups in total. The Labute approximate surface area is 150 Å². The Morgan fingerprint density at radius 1 is 0.833 bits per heavy atom. The fourth-order valence-corrected chi connectivity index (χ4v) is 2.70. The lowest BCUT2D eigenvalue weighted by Gasteiger charge is -2.05. The van der Waals surface area contributed by atoms with Crippen molar-refractivity contribution in [3.8, 4) is 0 Å². The molecule has 3 aromatic rings. The highest BCUT2D eigenvalue weighted by molar-refractivity contribution is 6.38. The van der Waals surface area contributed by atoms with E-state index in [1.54, 1.807) is 24.4 Å². The van der Waals surface area contributed by atoms with Crippen LogP contribution in [0, 0.1) is 0 Å². The molecule has 0 saturated carbocycles. The van der Waals surface area contributed by atoms with Crippen molar-refractivity contribution < 1.29 is 0 Å². The smallest absolute Gasteiger partial charge is 0.0885 e.